The third kappa shape index (κ3) is 2.41. The number of nitrogens with zero attached hydrogens (tertiary/aromatic N) is 2. The Hall–Kier alpha value is -0.940. The lowest BCUT2D eigenvalue weighted by Crippen LogP contribution is -2.42. The number of thiazole rings is 1. The highest BCUT2D eigenvalue weighted by Crippen LogP contribution is 2.21. The molecule has 2 N–H and O–H groups in total. The van der Waals surface area contributed by atoms with Gasteiger partial charge in [0.1, 0.15) is 4.88 Å². The Morgan fingerprint density at radius 2 is 2.31 bits per heavy atom. The highest BCUT2D eigenvalue weighted by Gasteiger charge is 2.25. The zero-order chi connectivity index (χ0) is 11.5. The summed E-state index contributed by atoms with van der Waals surface area (Å²) in [7, 11) is 0. The lowest BCUT2D eigenvalue weighted by Gasteiger charge is -2.33. The second kappa shape index (κ2) is 4.93. The van der Waals surface area contributed by atoms with Crippen LogP contribution in [0.1, 0.15) is 29.4 Å². The van der Waals surface area contributed by atoms with E-state index in [1.807, 2.05) is 11.8 Å². The van der Waals surface area contributed by atoms with E-state index in [4.69, 9.17) is 5.73 Å². The minimum atomic E-state index is 0.116. The van der Waals surface area contributed by atoms with Gasteiger partial charge in [0.2, 0.25) is 0 Å². The van der Waals surface area contributed by atoms with Gasteiger partial charge in [-0.1, -0.05) is 0 Å². The first-order valence-corrected chi connectivity index (χ1v) is 6.50. The first-order valence-electron chi connectivity index (χ1n) is 5.62. The Morgan fingerprint density at radius 3 is 2.81 bits per heavy atom. The molecule has 0 saturated carbocycles. The van der Waals surface area contributed by atoms with E-state index in [2.05, 4.69) is 4.98 Å². The second-order valence-corrected chi connectivity index (χ2v) is 5.24. The van der Waals surface area contributed by atoms with Gasteiger partial charge in [0.25, 0.3) is 5.91 Å². The molecule has 88 valence electrons. The van der Waals surface area contributed by atoms with Crippen LogP contribution >= 0.6 is 11.3 Å². The molecule has 4 nitrogen and oxygen atoms in total. The monoisotopic (exact) mass is 239 g/mol. The van der Waals surface area contributed by atoms with Crippen molar-refractivity contribution in [3.63, 3.8) is 0 Å². The summed E-state index contributed by atoms with van der Waals surface area (Å²) >= 11 is 1.40. The van der Waals surface area contributed by atoms with Crippen LogP contribution in [0.4, 0.5) is 0 Å². The summed E-state index contributed by atoms with van der Waals surface area (Å²) in [4.78, 5) is 18.6. The molecule has 1 saturated heterocycles. The van der Waals surface area contributed by atoms with Crippen molar-refractivity contribution in [2.24, 2.45) is 11.7 Å². The topological polar surface area (TPSA) is 59.2 Å². The van der Waals surface area contributed by atoms with Gasteiger partial charge in [-0.25, -0.2) is 0 Å². The summed E-state index contributed by atoms with van der Waals surface area (Å²) in [5, 5.41) is 0. The van der Waals surface area contributed by atoms with Crippen molar-refractivity contribution in [3.8, 4) is 0 Å². The lowest BCUT2D eigenvalue weighted by atomic mass is 9.91. The van der Waals surface area contributed by atoms with E-state index < -0.39 is 0 Å². The molecule has 2 rings (SSSR count). The summed E-state index contributed by atoms with van der Waals surface area (Å²) in [5.41, 5.74) is 7.57. The quantitative estimate of drug-likeness (QED) is 0.847. The predicted octanol–water partition coefficient (Wildman–Crippen LogP) is 1.34. The zero-order valence-electron chi connectivity index (χ0n) is 9.43. The molecule has 1 amide bonds. The Morgan fingerprint density at radius 1 is 1.62 bits per heavy atom. The van der Waals surface area contributed by atoms with E-state index in [1.165, 1.54) is 11.3 Å². The fourth-order valence-electron chi connectivity index (χ4n) is 2.11. The average Bonchev–Trinajstić information content (AvgIpc) is 2.81. The minimum absolute atomic E-state index is 0.116. The fourth-order valence-corrected chi connectivity index (χ4v) is 2.69. The number of rotatable bonds is 2. The van der Waals surface area contributed by atoms with Crippen molar-refractivity contribution in [1.29, 1.82) is 0 Å². The van der Waals surface area contributed by atoms with Crippen LogP contribution in [0.15, 0.2) is 11.7 Å². The molecular weight excluding hydrogens is 222 g/mol. The Balaban J connectivity index is 1.92. The molecule has 0 spiro atoms. The van der Waals surface area contributed by atoms with Crippen molar-refractivity contribution in [2.75, 3.05) is 13.1 Å². The molecule has 5 heteroatoms. The van der Waals surface area contributed by atoms with Crippen molar-refractivity contribution < 1.29 is 4.79 Å². The maximum absolute atomic E-state index is 12.0. The van der Waals surface area contributed by atoms with Gasteiger partial charge < -0.3 is 10.6 Å². The number of hydrogen-bond donors (Lipinski definition) is 1. The molecule has 1 aliphatic heterocycles. The van der Waals surface area contributed by atoms with Crippen LogP contribution in [0, 0.1) is 5.92 Å². The molecule has 0 aliphatic carbocycles. The maximum Gasteiger partial charge on any atom is 0.265 e. The Kier molecular flexibility index (Phi) is 3.56. The number of nitrogens with two attached hydrogens (primary N) is 1. The first-order chi connectivity index (χ1) is 7.68. The number of piperidine rings is 1. The minimum Gasteiger partial charge on any atom is -0.338 e. The molecule has 0 bridgehead atoms. The average molecular weight is 239 g/mol. The van der Waals surface area contributed by atoms with Crippen LogP contribution < -0.4 is 5.73 Å². The van der Waals surface area contributed by atoms with Gasteiger partial charge in [-0.05, 0) is 25.7 Å². The van der Waals surface area contributed by atoms with Gasteiger partial charge >= 0.3 is 0 Å². The number of carbonyl (C=O) groups is 1. The van der Waals surface area contributed by atoms with Crippen LogP contribution in [0.25, 0.3) is 0 Å². The third-order valence-corrected chi connectivity index (χ3v) is 3.97. The molecule has 1 atom stereocenters. The summed E-state index contributed by atoms with van der Waals surface area (Å²) in [6, 6.07) is 0.237. The number of likely N-dealkylation sites (tertiary alicyclic amines) is 1. The Bertz CT molecular complexity index is 342. The highest BCUT2D eigenvalue weighted by molar-refractivity contribution is 7.11. The van der Waals surface area contributed by atoms with E-state index >= 15 is 0 Å². The van der Waals surface area contributed by atoms with Crippen LogP contribution in [-0.4, -0.2) is 34.9 Å². The standard InChI is InChI=1S/C11H17N3OS/c1-8(12)9-2-4-14(5-3-9)11(15)10-6-13-7-16-10/h6-9H,2-5,12H2,1H3. The molecule has 1 aliphatic rings. The fraction of sp³-hybridized carbons (Fsp3) is 0.636. The molecule has 0 radical (unpaired) electrons. The second-order valence-electron chi connectivity index (χ2n) is 4.35. The predicted molar refractivity (Wildman–Crippen MR) is 64.4 cm³/mol. The molecule has 16 heavy (non-hydrogen) atoms. The maximum atomic E-state index is 12.0. The van der Waals surface area contributed by atoms with Crippen molar-refractivity contribution >= 4 is 17.2 Å². The van der Waals surface area contributed by atoms with Gasteiger partial charge in [-0.15, -0.1) is 11.3 Å². The highest BCUT2D eigenvalue weighted by atomic mass is 32.1. The van der Waals surface area contributed by atoms with Crippen LogP contribution in [0.5, 0.6) is 0 Å². The van der Waals surface area contributed by atoms with Gasteiger partial charge in [0.05, 0.1) is 11.7 Å². The van der Waals surface area contributed by atoms with Gasteiger partial charge in [-0.3, -0.25) is 9.78 Å². The normalized spacial score (nSPS) is 19.8. The molecule has 0 aromatic carbocycles. The van der Waals surface area contributed by atoms with Gasteiger partial charge in [0, 0.05) is 19.1 Å². The summed E-state index contributed by atoms with van der Waals surface area (Å²) in [5.74, 6) is 0.677. The molecule has 1 aromatic rings. The first kappa shape index (κ1) is 11.5. The van der Waals surface area contributed by atoms with Crippen molar-refractivity contribution in [2.45, 2.75) is 25.8 Å². The lowest BCUT2D eigenvalue weighted by molar-refractivity contribution is 0.0685. The number of amides is 1. The molecule has 1 fully saturated rings. The van der Waals surface area contributed by atoms with Gasteiger partial charge in [0.15, 0.2) is 0 Å². The van der Waals surface area contributed by atoms with E-state index in [0.717, 1.165) is 30.8 Å². The van der Waals surface area contributed by atoms with Crippen LogP contribution in [0.3, 0.4) is 0 Å². The van der Waals surface area contributed by atoms with Crippen molar-refractivity contribution in [3.05, 3.63) is 16.6 Å². The summed E-state index contributed by atoms with van der Waals surface area (Å²) in [6.45, 7) is 3.69. The smallest absolute Gasteiger partial charge is 0.265 e. The van der Waals surface area contributed by atoms with E-state index in [0.29, 0.717) is 5.92 Å². The SMILES string of the molecule is CC(N)C1CCN(C(=O)c2cncs2)CC1. The molecule has 2 heterocycles. The van der Waals surface area contributed by atoms with E-state index in [9.17, 15) is 4.79 Å². The third-order valence-electron chi connectivity index (χ3n) is 3.21. The molecular formula is C11H17N3OS. The number of aromatic nitrogens is 1. The van der Waals surface area contributed by atoms with Crippen LogP contribution in [0.2, 0.25) is 0 Å². The van der Waals surface area contributed by atoms with Gasteiger partial charge in [-0.2, -0.15) is 0 Å². The van der Waals surface area contributed by atoms with Crippen molar-refractivity contribution in [1.82, 2.24) is 9.88 Å². The number of hydrogen-bond acceptors (Lipinski definition) is 4. The Labute approximate surface area is 99.5 Å². The van der Waals surface area contributed by atoms with E-state index in [1.54, 1.807) is 11.7 Å². The zero-order valence-corrected chi connectivity index (χ0v) is 10.2. The molecule has 1 unspecified atom stereocenters. The number of carbonyl (C=O) groups excluding carboxylic acids is 1. The summed E-state index contributed by atoms with van der Waals surface area (Å²) in [6.07, 6.45) is 3.68. The van der Waals surface area contributed by atoms with E-state index in [-0.39, 0.29) is 11.9 Å². The molecule has 1 aromatic heterocycles. The van der Waals surface area contributed by atoms with Crippen LogP contribution in [-0.2, 0) is 0 Å². The summed E-state index contributed by atoms with van der Waals surface area (Å²) < 4.78 is 0. The largest absolute Gasteiger partial charge is 0.338 e.